The summed E-state index contributed by atoms with van der Waals surface area (Å²) < 4.78 is 18.1. The highest BCUT2D eigenvalue weighted by Gasteiger charge is 2.42. The number of nitrogens with two attached hydrogens (primary N) is 1. The van der Waals surface area contributed by atoms with E-state index in [0.29, 0.717) is 0 Å². The number of hydrogen-bond acceptors (Lipinski definition) is 10. The van der Waals surface area contributed by atoms with Crippen molar-refractivity contribution in [2.45, 2.75) is 44.7 Å². The number of esters is 2. The van der Waals surface area contributed by atoms with E-state index < -0.39 is 36.1 Å². The normalized spacial score (nSPS) is 21.4. The van der Waals surface area contributed by atoms with Gasteiger partial charge in [-0.2, -0.15) is 10.2 Å². The minimum Gasteiger partial charge on any atom is -0.469 e. The molecule has 3 atom stereocenters. The van der Waals surface area contributed by atoms with Gasteiger partial charge in [0.2, 0.25) is 5.95 Å². The van der Waals surface area contributed by atoms with Crippen LogP contribution in [0.5, 0.6) is 0 Å². The summed E-state index contributed by atoms with van der Waals surface area (Å²) in [5.41, 5.74) is 5.47. The number of nitriles is 1. The highest BCUT2D eigenvalue weighted by Crippen LogP contribution is 2.34. The fraction of sp³-hybridized carbons (Fsp3) is 0.500. The van der Waals surface area contributed by atoms with E-state index in [1.165, 1.54) is 20.2 Å². The molecule has 0 spiro atoms. The number of aromatic nitrogens is 4. The zero-order valence-electron chi connectivity index (χ0n) is 15.2. The molecule has 3 rings (SSSR count). The van der Waals surface area contributed by atoms with E-state index in [1.807, 2.05) is 6.07 Å². The fourth-order valence-corrected chi connectivity index (χ4v) is 3.19. The fourth-order valence-electron chi connectivity index (χ4n) is 3.19. The molecule has 0 aromatic carbocycles. The Morgan fingerprint density at radius 1 is 1.50 bits per heavy atom. The lowest BCUT2D eigenvalue weighted by atomic mass is 10.1. The Hall–Kier alpha value is -3.46. The Morgan fingerprint density at radius 3 is 2.89 bits per heavy atom. The molecule has 148 valence electrons. The first-order chi connectivity index (χ1) is 13.3. The Morgan fingerprint density at radius 2 is 2.25 bits per heavy atom. The molecule has 3 heterocycles. The van der Waals surface area contributed by atoms with Crippen LogP contribution in [0.25, 0.3) is 11.2 Å². The van der Waals surface area contributed by atoms with Crippen molar-refractivity contribution in [3.8, 4) is 6.07 Å². The number of rotatable bonds is 5. The first-order valence-corrected chi connectivity index (χ1v) is 8.35. The molecule has 28 heavy (non-hydrogen) atoms. The van der Waals surface area contributed by atoms with Gasteiger partial charge in [-0.3, -0.25) is 14.2 Å². The Balaban J connectivity index is 2.10. The highest BCUT2D eigenvalue weighted by atomic mass is 16.6. The molecule has 1 fully saturated rings. The molecule has 2 aromatic heterocycles. The van der Waals surface area contributed by atoms with Crippen LogP contribution in [0.1, 0.15) is 26.0 Å². The van der Waals surface area contributed by atoms with Gasteiger partial charge in [-0.15, -0.1) is 0 Å². The number of carbonyl (C=O) groups excluding carboxylic acids is 2. The second-order valence-electron chi connectivity index (χ2n) is 6.15. The topological polar surface area (TPSA) is 164 Å². The van der Waals surface area contributed by atoms with Gasteiger partial charge < -0.3 is 19.9 Å². The molecule has 1 aliphatic heterocycles. The Labute approximate surface area is 158 Å². The van der Waals surface area contributed by atoms with Gasteiger partial charge in [0, 0.05) is 13.3 Å². The number of hydrogen-bond donors (Lipinski definition) is 1. The predicted octanol–water partition coefficient (Wildman–Crippen LogP) is -0.519. The van der Waals surface area contributed by atoms with E-state index in [1.54, 1.807) is 0 Å². The van der Waals surface area contributed by atoms with Crippen LogP contribution in [0.2, 0.25) is 0 Å². The van der Waals surface area contributed by atoms with Gasteiger partial charge in [-0.05, 0) is 0 Å². The number of ether oxygens (including phenoxy) is 3. The zero-order chi connectivity index (χ0) is 20.4. The quantitative estimate of drug-likeness (QED) is 0.657. The van der Waals surface area contributed by atoms with Crippen molar-refractivity contribution in [2.75, 3.05) is 12.8 Å². The molecular formula is C16H18N6O6. The van der Waals surface area contributed by atoms with Crippen LogP contribution in [0.15, 0.2) is 11.0 Å². The molecule has 0 radical (unpaired) electrons. The largest absolute Gasteiger partial charge is 0.469 e. The predicted molar refractivity (Wildman–Crippen MR) is 92.5 cm³/mol. The summed E-state index contributed by atoms with van der Waals surface area (Å²) in [5.74, 6) is -1.15. The van der Waals surface area contributed by atoms with Crippen molar-refractivity contribution in [2.24, 2.45) is 0 Å². The second-order valence-corrected chi connectivity index (χ2v) is 6.15. The molecule has 1 saturated heterocycles. The molecular weight excluding hydrogens is 372 g/mol. The average molecular weight is 390 g/mol. The maximum Gasteiger partial charge on any atom is 0.333 e. The summed E-state index contributed by atoms with van der Waals surface area (Å²) in [6.45, 7) is 0.985. The summed E-state index contributed by atoms with van der Waals surface area (Å²) in [4.78, 5) is 44.0. The van der Waals surface area contributed by atoms with Crippen molar-refractivity contribution in [1.29, 1.82) is 5.26 Å². The van der Waals surface area contributed by atoms with E-state index in [-0.39, 0.29) is 36.5 Å². The molecule has 2 N–H and O–H groups in total. The second kappa shape index (κ2) is 7.65. The lowest BCUT2D eigenvalue weighted by Crippen LogP contribution is -2.33. The van der Waals surface area contributed by atoms with Crippen molar-refractivity contribution in [1.82, 2.24) is 19.1 Å². The molecule has 12 heteroatoms. The van der Waals surface area contributed by atoms with Gasteiger partial charge in [-0.1, -0.05) is 0 Å². The van der Waals surface area contributed by atoms with Gasteiger partial charge in [0.1, 0.15) is 18.2 Å². The van der Waals surface area contributed by atoms with Crippen molar-refractivity contribution in [3.05, 3.63) is 16.7 Å². The maximum atomic E-state index is 12.9. The van der Waals surface area contributed by atoms with E-state index in [0.717, 1.165) is 9.13 Å². The van der Waals surface area contributed by atoms with Crippen molar-refractivity contribution < 1.29 is 23.8 Å². The minimum atomic E-state index is -1.05. The minimum absolute atomic E-state index is 0.0759. The summed E-state index contributed by atoms with van der Waals surface area (Å²) in [6, 6.07) is 1.90. The zero-order valence-corrected chi connectivity index (χ0v) is 15.2. The van der Waals surface area contributed by atoms with E-state index >= 15 is 0 Å². The number of carbonyl (C=O) groups is 2. The van der Waals surface area contributed by atoms with Crippen LogP contribution in [-0.4, -0.2) is 50.4 Å². The molecule has 0 bridgehead atoms. The van der Waals surface area contributed by atoms with Crippen LogP contribution < -0.4 is 11.4 Å². The number of nitrogen functional groups attached to an aromatic ring is 1. The van der Waals surface area contributed by atoms with Gasteiger partial charge in [0.25, 0.3) is 0 Å². The molecule has 0 amide bonds. The van der Waals surface area contributed by atoms with Crippen LogP contribution in [0.4, 0.5) is 5.95 Å². The van der Waals surface area contributed by atoms with E-state index in [2.05, 4.69) is 14.7 Å². The number of methoxy groups -OCH3 is 1. The summed E-state index contributed by atoms with van der Waals surface area (Å²) in [5, 5.41) is 9.04. The Bertz CT molecular complexity index is 1020. The number of anilines is 1. The summed E-state index contributed by atoms with van der Waals surface area (Å²) in [7, 11) is 1.25. The monoisotopic (exact) mass is 390 g/mol. The molecule has 0 unspecified atom stereocenters. The lowest BCUT2D eigenvalue weighted by Gasteiger charge is -2.19. The van der Waals surface area contributed by atoms with Crippen LogP contribution in [0, 0.1) is 11.3 Å². The van der Waals surface area contributed by atoms with E-state index in [4.69, 9.17) is 20.5 Å². The van der Waals surface area contributed by atoms with E-state index in [9.17, 15) is 14.4 Å². The number of nitrogens with zero attached hydrogens (tertiary/aromatic N) is 5. The first-order valence-electron chi connectivity index (χ1n) is 8.35. The third kappa shape index (κ3) is 3.52. The van der Waals surface area contributed by atoms with Gasteiger partial charge in [-0.25, -0.2) is 14.3 Å². The SMILES string of the molecule is COC(=O)C[C@@H]1C[C@@H](OC(C)=O)[C@H](n2c(=O)n(CC#N)c3cnc(N)nc32)O1. The molecule has 1 aliphatic rings. The standard InChI is InChI=1S/C16H18N6O6/c1-8(23)27-11-5-9(6-12(24)26-2)28-14(11)22-13-10(7-19-15(18)20-13)21(4-3-17)16(22)25/h7,9,11,14H,4-6H2,1-2H3,(H2,18,19,20)/t9-,11+,14+/m0/s1. The average Bonchev–Trinajstić information content (AvgIpc) is 3.12. The maximum absolute atomic E-state index is 12.9. The van der Waals surface area contributed by atoms with Gasteiger partial charge in [0.05, 0.1) is 31.9 Å². The van der Waals surface area contributed by atoms with Gasteiger partial charge in [0.15, 0.2) is 11.9 Å². The first kappa shape index (κ1) is 19.3. The third-order valence-corrected chi connectivity index (χ3v) is 4.29. The number of imidazole rings is 1. The lowest BCUT2D eigenvalue weighted by molar-refractivity contribution is -0.153. The molecule has 0 aliphatic carbocycles. The van der Waals surface area contributed by atoms with Crippen LogP contribution >= 0.6 is 0 Å². The summed E-state index contributed by atoms with van der Waals surface area (Å²) >= 11 is 0. The molecule has 0 saturated carbocycles. The van der Waals surface area contributed by atoms with Crippen molar-refractivity contribution >= 4 is 29.1 Å². The van der Waals surface area contributed by atoms with Crippen LogP contribution in [0.3, 0.4) is 0 Å². The summed E-state index contributed by atoms with van der Waals surface area (Å²) in [6.07, 6.45) is -1.11. The van der Waals surface area contributed by atoms with Crippen molar-refractivity contribution in [3.63, 3.8) is 0 Å². The van der Waals surface area contributed by atoms with Gasteiger partial charge >= 0.3 is 17.6 Å². The molecule has 12 nitrogen and oxygen atoms in total. The smallest absolute Gasteiger partial charge is 0.333 e. The van der Waals surface area contributed by atoms with Crippen LogP contribution in [-0.2, 0) is 30.3 Å². The Kier molecular flexibility index (Phi) is 5.27. The number of fused-ring (bicyclic) bond motifs is 1. The highest BCUT2D eigenvalue weighted by molar-refractivity contribution is 5.72. The molecule has 2 aromatic rings. The third-order valence-electron chi connectivity index (χ3n) is 4.29.